The van der Waals surface area contributed by atoms with Gasteiger partial charge in [0.2, 0.25) is 5.91 Å². The number of amides is 1. The predicted octanol–water partition coefficient (Wildman–Crippen LogP) is 3.60. The first-order chi connectivity index (χ1) is 17.1. The van der Waals surface area contributed by atoms with E-state index >= 15 is 0 Å². The van der Waals surface area contributed by atoms with E-state index < -0.39 is 0 Å². The summed E-state index contributed by atoms with van der Waals surface area (Å²) in [6.45, 7) is 13.0. The van der Waals surface area contributed by atoms with Crippen LogP contribution in [0.5, 0.6) is 5.75 Å². The highest BCUT2D eigenvalue weighted by molar-refractivity contribution is 5.91. The average Bonchev–Trinajstić information content (AvgIpc) is 3.27. The minimum atomic E-state index is -0.358. The van der Waals surface area contributed by atoms with Crippen molar-refractivity contribution in [1.82, 2.24) is 9.88 Å². The van der Waals surface area contributed by atoms with Gasteiger partial charge in [0.25, 0.3) is 0 Å². The molecule has 0 radical (unpaired) electrons. The lowest BCUT2D eigenvalue weighted by Gasteiger charge is -2.47. The van der Waals surface area contributed by atoms with E-state index in [0.29, 0.717) is 48.9 Å². The van der Waals surface area contributed by atoms with Crippen LogP contribution in [-0.4, -0.2) is 54.7 Å². The number of nitriles is 1. The molecule has 1 spiro atoms. The fourth-order valence-corrected chi connectivity index (χ4v) is 5.93. The summed E-state index contributed by atoms with van der Waals surface area (Å²) in [5, 5.41) is 10.5. The number of hydrogen-bond acceptors (Lipinski definition) is 7. The number of carbonyl (C=O) groups excluding carboxylic acids is 1. The van der Waals surface area contributed by atoms with Gasteiger partial charge in [-0.3, -0.25) is 4.79 Å². The number of fused-ring (bicyclic) bond motifs is 1. The topological polar surface area (TPSA) is 105 Å². The zero-order valence-electron chi connectivity index (χ0n) is 21.5. The largest absolute Gasteiger partial charge is 0.495 e. The highest BCUT2D eigenvalue weighted by Crippen LogP contribution is 2.47. The van der Waals surface area contributed by atoms with E-state index in [4.69, 9.17) is 20.2 Å². The Morgan fingerprint density at radius 2 is 2.06 bits per heavy atom. The van der Waals surface area contributed by atoms with Crippen LogP contribution in [0.2, 0.25) is 0 Å². The SMILES string of the molecule is C=CC(=O)N1CC2(CCN(c3nc4c(c(-c5c(C)ccc(OC)c5N)c3C#N)COC(C)(C)C4)C2)C1. The summed E-state index contributed by atoms with van der Waals surface area (Å²) in [5.41, 5.74) is 11.7. The molecule has 1 aromatic carbocycles. The van der Waals surface area contributed by atoms with Crippen molar-refractivity contribution in [1.29, 1.82) is 5.26 Å². The second-order valence-corrected chi connectivity index (χ2v) is 10.9. The quantitative estimate of drug-likeness (QED) is 0.519. The number of pyridine rings is 1. The second kappa shape index (κ2) is 8.52. The van der Waals surface area contributed by atoms with Crippen LogP contribution in [0, 0.1) is 23.7 Å². The maximum atomic E-state index is 12.0. The molecule has 3 aliphatic rings. The third-order valence-electron chi connectivity index (χ3n) is 7.84. The number of aryl methyl sites for hydroxylation is 1. The van der Waals surface area contributed by atoms with Gasteiger partial charge in [-0.25, -0.2) is 4.98 Å². The Labute approximate surface area is 212 Å². The number of carbonyl (C=O) groups is 1. The number of methoxy groups -OCH3 is 1. The molecule has 8 nitrogen and oxygen atoms in total. The van der Waals surface area contributed by atoms with Gasteiger partial charge in [-0.05, 0) is 44.9 Å². The van der Waals surface area contributed by atoms with Crippen molar-refractivity contribution in [3.63, 3.8) is 0 Å². The van der Waals surface area contributed by atoms with E-state index in [1.54, 1.807) is 7.11 Å². The third kappa shape index (κ3) is 3.79. The molecular formula is C28H33N5O3. The molecule has 0 saturated carbocycles. The van der Waals surface area contributed by atoms with Gasteiger partial charge >= 0.3 is 0 Å². The molecule has 0 aliphatic carbocycles. The Hall–Kier alpha value is -3.57. The van der Waals surface area contributed by atoms with Crippen LogP contribution < -0.4 is 15.4 Å². The number of aromatic nitrogens is 1. The van der Waals surface area contributed by atoms with Gasteiger partial charge in [-0.2, -0.15) is 5.26 Å². The molecule has 2 saturated heterocycles. The van der Waals surface area contributed by atoms with E-state index in [0.717, 1.165) is 47.5 Å². The molecule has 3 aliphatic heterocycles. The zero-order valence-corrected chi connectivity index (χ0v) is 21.5. The maximum absolute atomic E-state index is 12.0. The molecule has 2 N–H and O–H groups in total. The summed E-state index contributed by atoms with van der Waals surface area (Å²) >= 11 is 0. The summed E-state index contributed by atoms with van der Waals surface area (Å²) in [4.78, 5) is 21.2. The van der Waals surface area contributed by atoms with Crippen molar-refractivity contribution >= 4 is 17.4 Å². The van der Waals surface area contributed by atoms with E-state index in [9.17, 15) is 10.1 Å². The lowest BCUT2D eigenvalue weighted by molar-refractivity contribution is -0.136. The molecule has 0 bridgehead atoms. The monoisotopic (exact) mass is 487 g/mol. The maximum Gasteiger partial charge on any atom is 0.245 e. The minimum absolute atomic E-state index is 0.0242. The molecule has 8 heteroatoms. The smallest absolute Gasteiger partial charge is 0.245 e. The van der Waals surface area contributed by atoms with E-state index in [-0.39, 0.29) is 16.9 Å². The minimum Gasteiger partial charge on any atom is -0.495 e. The lowest BCUT2D eigenvalue weighted by atomic mass is 9.79. The van der Waals surface area contributed by atoms with Gasteiger partial charge < -0.3 is 25.0 Å². The number of hydrogen-bond donors (Lipinski definition) is 1. The van der Waals surface area contributed by atoms with Crippen LogP contribution >= 0.6 is 0 Å². The van der Waals surface area contributed by atoms with Crippen molar-refractivity contribution in [2.75, 3.05) is 43.9 Å². The molecule has 1 aromatic heterocycles. The molecule has 2 aromatic rings. The van der Waals surface area contributed by atoms with E-state index in [1.165, 1.54) is 6.08 Å². The number of benzene rings is 1. The van der Waals surface area contributed by atoms with Crippen molar-refractivity contribution in [2.45, 2.75) is 45.8 Å². The average molecular weight is 488 g/mol. The van der Waals surface area contributed by atoms with Crippen molar-refractivity contribution in [3.8, 4) is 22.9 Å². The van der Waals surface area contributed by atoms with Crippen LogP contribution in [0.25, 0.3) is 11.1 Å². The van der Waals surface area contributed by atoms with E-state index in [1.807, 2.05) is 24.0 Å². The number of rotatable bonds is 4. The number of likely N-dealkylation sites (tertiary alicyclic amines) is 1. The van der Waals surface area contributed by atoms with Crippen LogP contribution in [0.4, 0.5) is 11.5 Å². The first-order valence-corrected chi connectivity index (χ1v) is 12.3. The van der Waals surface area contributed by atoms with Crippen molar-refractivity contribution < 1.29 is 14.3 Å². The van der Waals surface area contributed by atoms with Crippen molar-refractivity contribution in [2.24, 2.45) is 5.41 Å². The Balaban J connectivity index is 1.64. The summed E-state index contributed by atoms with van der Waals surface area (Å²) < 4.78 is 11.7. The summed E-state index contributed by atoms with van der Waals surface area (Å²) in [6.07, 6.45) is 2.95. The number of nitrogens with two attached hydrogens (primary N) is 1. The molecule has 5 rings (SSSR count). The lowest BCUT2D eigenvalue weighted by Crippen LogP contribution is -2.59. The second-order valence-electron chi connectivity index (χ2n) is 10.9. The molecule has 36 heavy (non-hydrogen) atoms. The normalized spacial score (nSPS) is 19.4. The van der Waals surface area contributed by atoms with Gasteiger partial charge in [0.1, 0.15) is 23.2 Å². The molecule has 188 valence electrons. The Kier molecular flexibility index (Phi) is 5.72. The van der Waals surface area contributed by atoms with Crippen LogP contribution in [0.15, 0.2) is 24.8 Å². The fraction of sp³-hybridized carbons (Fsp3) is 0.464. The Bertz CT molecular complexity index is 1300. The predicted molar refractivity (Wildman–Crippen MR) is 139 cm³/mol. The highest BCUT2D eigenvalue weighted by atomic mass is 16.5. The molecule has 0 atom stereocenters. The molecule has 4 heterocycles. The first-order valence-electron chi connectivity index (χ1n) is 12.3. The molecular weight excluding hydrogens is 454 g/mol. The molecule has 2 fully saturated rings. The zero-order chi connectivity index (χ0) is 25.8. The summed E-state index contributed by atoms with van der Waals surface area (Å²) in [5.74, 6) is 1.23. The van der Waals surface area contributed by atoms with Gasteiger partial charge in [0.15, 0.2) is 0 Å². The van der Waals surface area contributed by atoms with Crippen molar-refractivity contribution in [3.05, 3.63) is 47.2 Å². The van der Waals surface area contributed by atoms with Crippen LogP contribution in [-0.2, 0) is 22.6 Å². The summed E-state index contributed by atoms with van der Waals surface area (Å²) in [6, 6.07) is 6.29. The molecule has 0 unspecified atom stereocenters. The van der Waals surface area contributed by atoms with Crippen LogP contribution in [0.1, 0.15) is 42.7 Å². The standard InChI is InChI=1S/C28H33N5O3/c1-6-22(34)33-15-28(16-33)9-10-32(14-28)26-18(12-29)24(19-13-36-27(3,4)11-20(19)31-26)23-17(2)7-8-21(35-5)25(23)30/h6-8H,1,9-11,13-16,30H2,2-5H3. The fourth-order valence-electron chi connectivity index (χ4n) is 5.93. The van der Waals surface area contributed by atoms with Crippen LogP contribution in [0.3, 0.4) is 0 Å². The summed E-state index contributed by atoms with van der Waals surface area (Å²) in [7, 11) is 1.60. The van der Waals surface area contributed by atoms with Gasteiger partial charge in [0, 0.05) is 54.7 Å². The number of nitrogens with zero attached hydrogens (tertiary/aromatic N) is 4. The number of nitrogen functional groups attached to an aromatic ring is 1. The van der Waals surface area contributed by atoms with Gasteiger partial charge in [-0.15, -0.1) is 0 Å². The number of anilines is 2. The van der Waals surface area contributed by atoms with Gasteiger partial charge in [0.05, 0.1) is 30.7 Å². The first kappa shape index (κ1) is 24.1. The number of ether oxygens (including phenoxy) is 2. The molecule has 1 amide bonds. The van der Waals surface area contributed by atoms with Gasteiger partial charge in [-0.1, -0.05) is 12.6 Å². The van der Waals surface area contributed by atoms with E-state index in [2.05, 4.69) is 31.4 Å². The Morgan fingerprint density at radius 3 is 2.72 bits per heavy atom. The highest BCUT2D eigenvalue weighted by Gasteiger charge is 2.49. The Morgan fingerprint density at radius 1 is 1.31 bits per heavy atom. The third-order valence-corrected chi connectivity index (χ3v) is 7.84.